The molecule has 1 amide bonds. The van der Waals surface area contributed by atoms with Gasteiger partial charge in [0.15, 0.2) is 11.5 Å². The molecule has 1 heterocycles. The van der Waals surface area contributed by atoms with E-state index in [4.69, 9.17) is 9.47 Å². The van der Waals surface area contributed by atoms with Crippen LogP contribution in [0.2, 0.25) is 0 Å². The second-order valence-electron chi connectivity index (χ2n) is 7.46. The Balaban J connectivity index is 1.88. The lowest BCUT2D eigenvalue weighted by atomic mass is 10.1. The van der Waals surface area contributed by atoms with Crippen molar-refractivity contribution in [3.8, 4) is 11.5 Å². The largest absolute Gasteiger partial charge is 0.493 e. The van der Waals surface area contributed by atoms with E-state index in [1.807, 2.05) is 50.4 Å². The number of aryl methyl sites for hydroxylation is 1. The second-order valence-corrected chi connectivity index (χ2v) is 8.37. The van der Waals surface area contributed by atoms with E-state index in [0.29, 0.717) is 12.6 Å². The van der Waals surface area contributed by atoms with Gasteiger partial charge >= 0.3 is 0 Å². The summed E-state index contributed by atoms with van der Waals surface area (Å²) >= 11 is 1.54. The number of carbonyl (C=O) groups is 1. The third kappa shape index (κ3) is 4.64. The average Bonchev–Trinajstić information content (AvgIpc) is 3.30. The van der Waals surface area contributed by atoms with Crippen LogP contribution in [-0.2, 0) is 6.54 Å². The molecule has 0 spiro atoms. The molecule has 0 saturated heterocycles. The SMILES string of the molecule is COc1ccc(CN(C(=O)c2sccc2C)C2CCCC2)cc1OC(C)C. The van der Waals surface area contributed by atoms with Crippen LogP contribution in [0.15, 0.2) is 29.6 Å². The van der Waals surface area contributed by atoms with Gasteiger partial charge in [-0.15, -0.1) is 11.3 Å². The molecule has 146 valence electrons. The molecule has 4 nitrogen and oxygen atoms in total. The molecule has 0 aliphatic heterocycles. The molecule has 0 unspecified atom stereocenters. The van der Waals surface area contributed by atoms with Gasteiger partial charge in [-0.05, 0) is 68.3 Å². The van der Waals surface area contributed by atoms with Crippen molar-refractivity contribution in [2.75, 3.05) is 7.11 Å². The topological polar surface area (TPSA) is 38.8 Å². The fourth-order valence-electron chi connectivity index (χ4n) is 3.67. The van der Waals surface area contributed by atoms with E-state index in [0.717, 1.165) is 40.3 Å². The monoisotopic (exact) mass is 387 g/mol. The minimum Gasteiger partial charge on any atom is -0.493 e. The predicted molar refractivity (Wildman–Crippen MR) is 110 cm³/mol. The van der Waals surface area contributed by atoms with E-state index < -0.39 is 0 Å². The third-order valence-corrected chi connectivity index (χ3v) is 6.03. The minimum absolute atomic E-state index is 0.0653. The highest BCUT2D eigenvalue weighted by molar-refractivity contribution is 7.12. The van der Waals surface area contributed by atoms with Gasteiger partial charge in [-0.25, -0.2) is 0 Å². The summed E-state index contributed by atoms with van der Waals surface area (Å²) in [6.07, 6.45) is 4.63. The zero-order valence-electron chi connectivity index (χ0n) is 16.7. The molecular formula is C22H29NO3S. The molecule has 0 atom stereocenters. The van der Waals surface area contributed by atoms with Gasteiger partial charge in [0.1, 0.15) is 0 Å². The fourth-order valence-corrected chi connectivity index (χ4v) is 4.55. The Morgan fingerprint density at radius 3 is 2.56 bits per heavy atom. The number of ether oxygens (including phenoxy) is 2. The first-order valence-corrected chi connectivity index (χ1v) is 10.6. The maximum atomic E-state index is 13.3. The van der Waals surface area contributed by atoms with E-state index >= 15 is 0 Å². The summed E-state index contributed by atoms with van der Waals surface area (Å²) in [4.78, 5) is 16.2. The zero-order valence-corrected chi connectivity index (χ0v) is 17.5. The molecule has 1 fully saturated rings. The van der Waals surface area contributed by atoms with Crippen LogP contribution in [-0.4, -0.2) is 30.1 Å². The van der Waals surface area contributed by atoms with Crippen LogP contribution in [0.25, 0.3) is 0 Å². The molecule has 5 heteroatoms. The first kappa shape index (κ1) is 19.7. The maximum absolute atomic E-state index is 13.3. The lowest BCUT2D eigenvalue weighted by Gasteiger charge is -2.29. The summed E-state index contributed by atoms with van der Waals surface area (Å²) in [5, 5.41) is 2.00. The third-order valence-electron chi connectivity index (χ3n) is 5.03. The van der Waals surface area contributed by atoms with Gasteiger partial charge in [-0.1, -0.05) is 18.9 Å². The van der Waals surface area contributed by atoms with Crippen LogP contribution in [0.1, 0.15) is 60.3 Å². The van der Waals surface area contributed by atoms with E-state index in [-0.39, 0.29) is 12.0 Å². The highest BCUT2D eigenvalue weighted by Crippen LogP contribution is 2.32. The first-order valence-electron chi connectivity index (χ1n) is 9.68. The highest BCUT2D eigenvalue weighted by Gasteiger charge is 2.29. The second kappa shape index (κ2) is 8.79. The van der Waals surface area contributed by atoms with Crippen LogP contribution in [0.3, 0.4) is 0 Å². The van der Waals surface area contributed by atoms with E-state index in [2.05, 4.69) is 4.90 Å². The smallest absolute Gasteiger partial charge is 0.264 e. The minimum atomic E-state index is 0.0653. The molecule has 2 aromatic rings. The summed E-state index contributed by atoms with van der Waals surface area (Å²) in [7, 11) is 1.65. The predicted octanol–water partition coefficient (Wildman–Crippen LogP) is 5.44. The van der Waals surface area contributed by atoms with Crippen LogP contribution in [0.5, 0.6) is 11.5 Å². The van der Waals surface area contributed by atoms with Crippen molar-refractivity contribution in [3.63, 3.8) is 0 Å². The quantitative estimate of drug-likeness (QED) is 0.635. The molecule has 1 aromatic carbocycles. The highest BCUT2D eigenvalue weighted by atomic mass is 32.1. The molecule has 0 radical (unpaired) electrons. The standard InChI is InChI=1S/C22H29NO3S/c1-15(2)26-20-13-17(9-10-19(20)25-4)14-23(18-7-5-6-8-18)22(24)21-16(3)11-12-27-21/h9-13,15,18H,5-8,14H2,1-4H3. The summed E-state index contributed by atoms with van der Waals surface area (Å²) < 4.78 is 11.3. The van der Waals surface area contributed by atoms with Gasteiger partial charge in [-0.3, -0.25) is 4.79 Å². The number of thiophene rings is 1. The van der Waals surface area contributed by atoms with Crippen LogP contribution in [0, 0.1) is 6.92 Å². The number of hydrogen-bond acceptors (Lipinski definition) is 4. The number of carbonyl (C=O) groups excluding carboxylic acids is 1. The van der Waals surface area contributed by atoms with Gasteiger partial charge in [0, 0.05) is 12.6 Å². The van der Waals surface area contributed by atoms with Gasteiger partial charge in [0.05, 0.1) is 18.1 Å². The van der Waals surface area contributed by atoms with Crippen molar-refractivity contribution < 1.29 is 14.3 Å². The Hall–Kier alpha value is -2.01. The molecule has 1 aliphatic rings. The molecule has 0 N–H and O–H groups in total. The molecule has 1 aromatic heterocycles. The van der Waals surface area contributed by atoms with E-state index in [1.54, 1.807) is 7.11 Å². The van der Waals surface area contributed by atoms with Crippen molar-refractivity contribution >= 4 is 17.2 Å². The number of nitrogens with zero attached hydrogens (tertiary/aromatic N) is 1. The summed E-state index contributed by atoms with van der Waals surface area (Å²) in [5.41, 5.74) is 2.13. The van der Waals surface area contributed by atoms with Crippen LogP contribution >= 0.6 is 11.3 Å². The van der Waals surface area contributed by atoms with Crippen LogP contribution in [0.4, 0.5) is 0 Å². The molecular weight excluding hydrogens is 358 g/mol. The summed E-state index contributed by atoms with van der Waals surface area (Å²) in [6.45, 7) is 6.61. The Bertz CT molecular complexity index is 778. The lowest BCUT2D eigenvalue weighted by molar-refractivity contribution is 0.0668. The number of hydrogen-bond donors (Lipinski definition) is 0. The normalized spacial score (nSPS) is 14.6. The van der Waals surface area contributed by atoms with Gasteiger partial charge in [-0.2, -0.15) is 0 Å². The van der Waals surface area contributed by atoms with Gasteiger partial charge in [0.25, 0.3) is 5.91 Å². The number of methoxy groups -OCH3 is 1. The molecule has 27 heavy (non-hydrogen) atoms. The van der Waals surface area contributed by atoms with Gasteiger partial charge in [0.2, 0.25) is 0 Å². The molecule has 1 aliphatic carbocycles. The molecule has 3 rings (SSSR count). The van der Waals surface area contributed by atoms with E-state index in [9.17, 15) is 4.79 Å². The first-order chi connectivity index (χ1) is 13.0. The zero-order chi connectivity index (χ0) is 19.4. The average molecular weight is 388 g/mol. The lowest BCUT2D eigenvalue weighted by Crippen LogP contribution is -2.38. The Morgan fingerprint density at radius 2 is 1.96 bits per heavy atom. The van der Waals surface area contributed by atoms with E-state index in [1.165, 1.54) is 24.2 Å². The molecule has 0 bridgehead atoms. The molecule has 1 saturated carbocycles. The Morgan fingerprint density at radius 1 is 1.22 bits per heavy atom. The van der Waals surface area contributed by atoms with Crippen molar-refractivity contribution in [1.82, 2.24) is 4.90 Å². The van der Waals surface area contributed by atoms with Crippen LogP contribution < -0.4 is 9.47 Å². The number of amides is 1. The van der Waals surface area contributed by atoms with Crippen molar-refractivity contribution in [3.05, 3.63) is 45.6 Å². The maximum Gasteiger partial charge on any atom is 0.264 e. The summed E-state index contributed by atoms with van der Waals surface area (Å²) in [6, 6.07) is 8.31. The van der Waals surface area contributed by atoms with Crippen molar-refractivity contribution in [2.24, 2.45) is 0 Å². The summed E-state index contributed by atoms with van der Waals surface area (Å²) in [5.74, 6) is 1.60. The Kier molecular flexibility index (Phi) is 6.42. The number of rotatable bonds is 7. The van der Waals surface area contributed by atoms with Crippen molar-refractivity contribution in [2.45, 2.75) is 65.1 Å². The van der Waals surface area contributed by atoms with Gasteiger partial charge < -0.3 is 14.4 Å². The Labute approximate surface area is 166 Å². The van der Waals surface area contributed by atoms with Crippen molar-refractivity contribution in [1.29, 1.82) is 0 Å². The number of benzene rings is 1. The fraction of sp³-hybridized carbons (Fsp3) is 0.500.